The second-order valence-corrected chi connectivity index (χ2v) is 6.47. The first-order valence-electron chi connectivity index (χ1n) is 6.99. The summed E-state index contributed by atoms with van der Waals surface area (Å²) in [4.78, 5) is 11.3. The minimum Gasteiger partial charge on any atom is -0.497 e. The van der Waals surface area contributed by atoms with Gasteiger partial charge in [0.25, 0.3) is 0 Å². The number of thioether (sulfide) groups is 1. The van der Waals surface area contributed by atoms with Gasteiger partial charge in [-0.25, -0.2) is 0 Å². The van der Waals surface area contributed by atoms with Crippen molar-refractivity contribution in [1.29, 1.82) is 0 Å². The summed E-state index contributed by atoms with van der Waals surface area (Å²) in [7, 11) is 1.63. The highest BCUT2D eigenvalue weighted by atomic mass is 32.2. The molecule has 0 spiro atoms. The van der Waals surface area contributed by atoms with E-state index >= 15 is 0 Å². The number of nitrogens with zero attached hydrogens (tertiary/aromatic N) is 3. The Morgan fingerprint density at radius 1 is 1.23 bits per heavy atom. The molecule has 0 aliphatic heterocycles. The van der Waals surface area contributed by atoms with E-state index in [9.17, 15) is 4.79 Å². The number of rotatable bonds is 6. The summed E-state index contributed by atoms with van der Waals surface area (Å²) in [5, 5.41) is 8.82. The van der Waals surface area contributed by atoms with E-state index in [4.69, 9.17) is 10.5 Å². The third kappa shape index (κ3) is 3.41. The number of nitrogens with two attached hydrogens (primary N) is 1. The van der Waals surface area contributed by atoms with Crippen molar-refractivity contribution in [1.82, 2.24) is 14.8 Å². The van der Waals surface area contributed by atoms with Gasteiger partial charge in [0.05, 0.1) is 12.4 Å². The molecule has 1 aromatic carbocycles. The first-order valence-corrected chi connectivity index (χ1v) is 7.87. The Morgan fingerprint density at radius 3 is 2.36 bits per heavy atom. The van der Waals surface area contributed by atoms with E-state index in [0.717, 1.165) is 17.1 Å². The van der Waals surface area contributed by atoms with Crippen molar-refractivity contribution in [2.45, 2.75) is 37.2 Å². The van der Waals surface area contributed by atoms with E-state index in [-0.39, 0.29) is 17.2 Å². The van der Waals surface area contributed by atoms with E-state index in [2.05, 4.69) is 24.0 Å². The van der Waals surface area contributed by atoms with Gasteiger partial charge >= 0.3 is 0 Å². The van der Waals surface area contributed by atoms with Crippen LogP contribution in [0.15, 0.2) is 29.4 Å². The fraction of sp³-hybridized carbons (Fsp3) is 0.400. The lowest BCUT2D eigenvalue weighted by Crippen LogP contribution is -2.23. The molecule has 1 aromatic heterocycles. The molecule has 0 saturated heterocycles. The Hall–Kier alpha value is -2.02. The van der Waals surface area contributed by atoms with Crippen molar-refractivity contribution < 1.29 is 9.53 Å². The number of hydrogen-bond donors (Lipinski definition) is 1. The van der Waals surface area contributed by atoms with Crippen LogP contribution in [0.2, 0.25) is 0 Å². The van der Waals surface area contributed by atoms with Gasteiger partial charge < -0.3 is 10.5 Å². The summed E-state index contributed by atoms with van der Waals surface area (Å²) in [5.74, 6) is 1.18. The van der Waals surface area contributed by atoms with Crippen molar-refractivity contribution in [3.05, 3.63) is 24.3 Å². The monoisotopic (exact) mass is 320 g/mol. The quantitative estimate of drug-likeness (QED) is 0.827. The number of amides is 1. The molecule has 1 heterocycles. The average Bonchev–Trinajstić information content (AvgIpc) is 2.91. The molecule has 1 amide bonds. The number of hydrogen-bond acceptors (Lipinski definition) is 5. The van der Waals surface area contributed by atoms with E-state index in [1.807, 2.05) is 28.8 Å². The molecular formula is C15H20N4O2S. The fourth-order valence-corrected chi connectivity index (χ4v) is 2.91. The second kappa shape index (κ2) is 6.83. The van der Waals surface area contributed by atoms with Crippen LogP contribution in [0.5, 0.6) is 5.75 Å². The molecule has 118 valence electrons. The number of methoxy groups -OCH3 is 1. The summed E-state index contributed by atoms with van der Waals surface area (Å²) in [6, 6.07) is 7.80. The number of primary amides is 1. The molecule has 0 radical (unpaired) electrons. The Morgan fingerprint density at radius 2 is 1.86 bits per heavy atom. The molecule has 0 aliphatic rings. The topological polar surface area (TPSA) is 83.0 Å². The molecule has 0 bridgehead atoms. The zero-order valence-corrected chi connectivity index (χ0v) is 13.9. The summed E-state index contributed by atoms with van der Waals surface area (Å²) < 4.78 is 7.17. The van der Waals surface area contributed by atoms with Gasteiger partial charge in [-0.05, 0) is 45.0 Å². The largest absolute Gasteiger partial charge is 0.497 e. The third-order valence-electron chi connectivity index (χ3n) is 3.21. The van der Waals surface area contributed by atoms with Gasteiger partial charge in [-0.1, -0.05) is 11.8 Å². The summed E-state index contributed by atoms with van der Waals surface area (Å²) in [6.45, 7) is 5.87. The van der Waals surface area contributed by atoms with E-state index < -0.39 is 0 Å². The van der Waals surface area contributed by atoms with Gasteiger partial charge in [-0.2, -0.15) is 0 Å². The van der Waals surface area contributed by atoms with Crippen LogP contribution in [0, 0.1) is 0 Å². The van der Waals surface area contributed by atoms with E-state index in [0.29, 0.717) is 5.16 Å². The summed E-state index contributed by atoms with van der Waals surface area (Å²) >= 11 is 1.32. The molecule has 6 nitrogen and oxygen atoms in total. The maximum absolute atomic E-state index is 11.3. The number of carbonyl (C=O) groups is 1. The first-order chi connectivity index (χ1) is 10.4. The number of carbonyl (C=O) groups excluding carboxylic acids is 1. The van der Waals surface area contributed by atoms with Gasteiger partial charge in [0.1, 0.15) is 5.75 Å². The van der Waals surface area contributed by atoms with Crippen LogP contribution in [0.3, 0.4) is 0 Å². The predicted octanol–water partition coefficient (Wildman–Crippen LogP) is 2.50. The van der Waals surface area contributed by atoms with Gasteiger partial charge in [0.15, 0.2) is 11.0 Å². The second-order valence-electron chi connectivity index (χ2n) is 5.16. The molecule has 0 aliphatic carbocycles. The van der Waals surface area contributed by atoms with E-state index in [1.165, 1.54) is 11.8 Å². The number of aromatic nitrogens is 3. The van der Waals surface area contributed by atoms with Crippen LogP contribution in [0.1, 0.15) is 26.8 Å². The highest BCUT2D eigenvalue weighted by Gasteiger charge is 2.20. The summed E-state index contributed by atoms with van der Waals surface area (Å²) in [6.07, 6.45) is 0. The predicted molar refractivity (Wildman–Crippen MR) is 86.9 cm³/mol. The van der Waals surface area contributed by atoms with Crippen molar-refractivity contribution in [3.8, 4) is 17.1 Å². The molecular weight excluding hydrogens is 300 g/mol. The molecule has 1 atom stereocenters. The van der Waals surface area contributed by atoms with Crippen molar-refractivity contribution in [2.75, 3.05) is 7.11 Å². The first kappa shape index (κ1) is 16.4. The van der Waals surface area contributed by atoms with Crippen LogP contribution in [-0.4, -0.2) is 33.0 Å². The Labute approximate surface area is 134 Å². The lowest BCUT2D eigenvalue weighted by Gasteiger charge is -2.15. The molecule has 0 saturated carbocycles. The minimum atomic E-state index is -0.366. The van der Waals surface area contributed by atoms with Crippen LogP contribution >= 0.6 is 11.8 Å². The Bertz CT molecular complexity index is 652. The van der Waals surface area contributed by atoms with Crippen LogP contribution in [0.4, 0.5) is 0 Å². The molecule has 7 heteroatoms. The van der Waals surface area contributed by atoms with Crippen molar-refractivity contribution in [3.63, 3.8) is 0 Å². The van der Waals surface area contributed by atoms with Crippen molar-refractivity contribution in [2.24, 2.45) is 5.73 Å². The van der Waals surface area contributed by atoms with Crippen LogP contribution in [-0.2, 0) is 4.79 Å². The van der Waals surface area contributed by atoms with Crippen molar-refractivity contribution >= 4 is 17.7 Å². The summed E-state index contributed by atoms with van der Waals surface area (Å²) in [5.41, 5.74) is 6.27. The van der Waals surface area contributed by atoms with Gasteiger partial charge in [-0.3, -0.25) is 9.36 Å². The smallest absolute Gasteiger partial charge is 0.230 e. The van der Waals surface area contributed by atoms with Gasteiger partial charge in [0, 0.05) is 11.6 Å². The van der Waals surface area contributed by atoms with Crippen LogP contribution < -0.4 is 10.5 Å². The standard InChI is InChI=1S/C15H20N4O2S/c1-9(2)19-14(11-5-7-12(21-4)8-6-11)17-18-15(19)22-10(3)13(16)20/h5-10H,1-4H3,(H2,16,20). The average molecular weight is 320 g/mol. The van der Waals surface area contributed by atoms with Crippen LogP contribution in [0.25, 0.3) is 11.4 Å². The molecule has 22 heavy (non-hydrogen) atoms. The Balaban J connectivity index is 2.39. The lowest BCUT2D eigenvalue weighted by molar-refractivity contribution is -0.117. The molecule has 2 rings (SSSR count). The maximum Gasteiger partial charge on any atom is 0.230 e. The third-order valence-corrected chi connectivity index (χ3v) is 4.29. The van der Waals surface area contributed by atoms with E-state index in [1.54, 1.807) is 14.0 Å². The molecule has 2 aromatic rings. The maximum atomic E-state index is 11.3. The SMILES string of the molecule is COc1ccc(-c2nnc(SC(C)C(N)=O)n2C(C)C)cc1. The highest BCUT2D eigenvalue weighted by Crippen LogP contribution is 2.30. The molecule has 0 fully saturated rings. The molecule has 1 unspecified atom stereocenters. The van der Waals surface area contributed by atoms with Gasteiger partial charge in [-0.15, -0.1) is 10.2 Å². The normalized spacial score (nSPS) is 12.4. The number of ether oxygens (including phenoxy) is 1. The zero-order chi connectivity index (χ0) is 16.3. The zero-order valence-electron chi connectivity index (χ0n) is 13.1. The van der Waals surface area contributed by atoms with Gasteiger partial charge in [0.2, 0.25) is 5.91 Å². The number of benzene rings is 1. The lowest BCUT2D eigenvalue weighted by atomic mass is 10.2. The fourth-order valence-electron chi connectivity index (χ4n) is 1.98. The Kier molecular flexibility index (Phi) is 5.07. The minimum absolute atomic E-state index is 0.162. The highest BCUT2D eigenvalue weighted by molar-refractivity contribution is 8.00. The molecule has 2 N–H and O–H groups in total.